The molecule has 0 aliphatic rings. The lowest BCUT2D eigenvalue weighted by molar-refractivity contribution is 0.413. The van der Waals surface area contributed by atoms with E-state index < -0.39 is 11.6 Å². The van der Waals surface area contributed by atoms with Crippen molar-refractivity contribution < 1.29 is 13.5 Å². The minimum atomic E-state index is -0.865. The molecule has 0 spiro atoms. The number of rotatable bonds is 1. The van der Waals surface area contributed by atoms with Crippen LogP contribution in [0.25, 0.3) is 0 Å². The van der Waals surface area contributed by atoms with Crippen molar-refractivity contribution in [3.05, 3.63) is 53.4 Å². The normalized spacial score (nSPS) is 9.63. The number of nitrogen functional groups attached to an aromatic ring is 1. The summed E-state index contributed by atoms with van der Waals surface area (Å²) in [7, 11) is 1.47. The molecule has 2 rings (SSSR count). The molecule has 0 saturated heterocycles. The minimum absolute atomic E-state index is 0.149. The van der Waals surface area contributed by atoms with E-state index in [1.807, 2.05) is 0 Å². The number of hydrogen-bond donors (Lipinski definition) is 1. The number of ether oxygens (including phenoxy) is 1. The van der Waals surface area contributed by atoms with E-state index in [0.29, 0.717) is 11.3 Å². The van der Waals surface area contributed by atoms with Gasteiger partial charge in [-0.1, -0.05) is 11.8 Å². The van der Waals surface area contributed by atoms with Crippen LogP contribution in [0.4, 0.5) is 14.5 Å². The standard InChI is InChI=1S/C14H10F2N2O/c1-19-13-6-7-18-8-9(13)2-3-10-11(15)4-5-12(17)14(10)16/h4-8H,17H2,1H3. The van der Waals surface area contributed by atoms with Gasteiger partial charge in [0, 0.05) is 12.4 Å². The molecule has 2 N–H and O–H groups in total. The Kier molecular flexibility index (Phi) is 3.62. The van der Waals surface area contributed by atoms with Crippen molar-refractivity contribution in [2.24, 2.45) is 0 Å². The average Bonchev–Trinajstić information content (AvgIpc) is 2.43. The third-order valence-corrected chi connectivity index (χ3v) is 2.44. The second-order valence-electron chi connectivity index (χ2n) is 3.65. The Morgan fingerprint density at radius 1 is 1.21 bits per heavy atom. The summed E-state index contributed by atoms with van der Waals surface area (Å²) in [6.07, 6.45) is 2.99. The van der Waals surface area contributed by atoms with Gasteiger partial charge in [-0.3, -0.25) is 4.98 Å². The number of aromatic nitrogens is 1. The van der Waals surface area contributed by atoms with Gasteiger partial charge in [0.05, 0.1) is 23.9 Å². The fourth-order valence-electron chi connectivity index (χ4n) is 1.47. The molecule has 5 heteroatoms. The van der Waals surface area contributed by atoms with Crippen molar-refractivity contribution in [2.45, 2.75) is 0 Å². The highest BCUT2D eigenvalue weighted by Crippen LogP contribution is 2.19. The number of pyridine rings is 1. The molecule has 2 aromatic rings. The molecule has 1 heterocycles. The van der Waals surface area contributed by atoms with Crippen molar-refractivity contribution in [1.29, 1.82) is 0 Å². The summed E-state index contributed by atoms with van der Waals surface area (Å²) >= 11 is 0. The second-order valence-corrected chi connectivity index (χ2v) is 3.65. The zero-order valence-electron chi connectivity index (χ0n) is 10.1. The molecule has 0 unspecified atom stereocenters. The second kappa shape index (κ2) is 5.36. The quantitative estimate of drug-likeness (QED) is 0.632. The van der Waals surface area contributed by atoms with Crippen molar-refractivity contribution in [3.8, 4) is 17.6 Å². The molecule has 1 aromatic heterocycles. The lowest BCUT2D eigenvalue weighted by atomic mass is 10.1. The molecule has 0 amide bonds. The molecular weight excluding hydrogens is 250 g/mol. The van der Waals surface area contributed by atoms with Crippen LogP contribution in [0, 0.1) is 23.5 Å². The smallest absolute Gasteiger partial charge is 0.164 e. The number of anilines is 1. The molecule has 0 aliphatic carbocycles. The lowest BCUT2D eigenvalue weighted by Gasteiger charge is -2.02. The first kappa shape index (κ1) is 12.8. The van der Waals surface area contributed by atoms with Gasteiger partial charge in [0.2, 0.25) is 0 Å². The van der Waals surface area contributed by atoms with Gasteiger partial charge >= 0.3 is 0 Å². The van der Waals surface area contributed by atoms with Crippen LogP contribution in [0.2, 0.25) is 0 Å². The van der Waals surface area contributed by atoms with Crippen LogP contribution in [0.15, 0.2) is 30.6 Å². The predicted octanol–water partition coefficient (Wildman–Crippen LogP) is 2.35. The molecule has 3 nitrogen and oxygen atoms in total. The summed E-state index contributed by atoms with van der Waals surface area (Å²) in [6.45, 7) is 0. The maximum absolute atomic E-state index is 13.6. The third kappa shape index (κ3) is 2.63. The Hall–Kier alpha value is -2.61. The van der Waals surface area contributed by atoms with Gasteiger partial charge in [0.1, 0.15) is 11.6 Å². The molecule has 1 aromatic carbocycles. The van der Waals surface area contributed by atoms with Crippen molar-refractivity contribution in [1.82, 2.24) is 4.98 Å². The van der Waals surface area contributed by atoms with Crippen LogP contribution < -0.4 is 10.5 Å². The number of methoxy groups -OCH3 is 1. The van der Waals surface area contributed by atoms with Gasteiger partial charge in [0.25, 0.3) is 0 Å². The maximum Gasteiger partial charge on any atom is 0.164 e. The monoisotopic (exact) mass is 260 g/mol. The topological polar surface area (TPSA) is 48.1 Å². The van der Waals surface area contributed by atoms with E-state index in [2.05, 4.69) is 16.8 Å². The van der Waals surface area contributed by atoms with Crippen LogP contribution in [0.1, 0.15) is 11.1 Å². The number of benzene rings is 1. The fourth-order valence-corrected chi connectivity index (χ4v) is 1.47. The van der Waals surface area contributed by atoms with E-state index in [1.165, 1.54) is 19.5 Å². The van der Waals surface area contributed by atoms with Gasteiger partial charge in [-0.2, -0.15) is 0 Å². The summed E-state index contributed by atoms with van der Waals surface area (Å²) in [4.78, 5) is 3.87. The third-order valence-electron chi connectivity index (χ3n) is 2.44. The van der Waals surface area contributed by atoms with Crippen molar-refractivity contribution in [3.63, 3.8) is 0 Å². The van der Waals surface area contributed by atoms with E-state index in [-0.39, 0.29) is 11.3 Å². The molecule has 19 heavy (non-hydrogen) atoms. The Balaban J connectivity index is 2.48. The van der Waals surface area contributed by atoms with Crippen LogP contribution in [-0.4, -0.2) is 12.1 Å². The van der Waals surface area contributed by atoms with Gasteiger partial charge in [-0.15, -0.1) is 0 Å². The number of nitrogens with two attached hydrogens (primary N) is 1. The number of halogens is 2. The summed E-state index contributed by atoms with van der Waals surface area (Å²) in [5.41, 5.74) is 5.29. The molecule has 0 fully saturated rings. The van der Waals surface area contributed by atoms with E-state index >= 15 is 0 Å². The van der Waals surface area contributed by atoms with Crippen molar-refractivity contribution in [2.75, 3.05) is 12.8 Å². The highest BCUT2D eigenvalue weighted by molar-refractivity contribution is 5.53. The molecule has 0 atom stereocenters. The lowest BCUT2D eigenvalue weighted by Crippen LogP contribution is -1.97. The van der Waals surface area contributed by atoms with Gasteiger partial charge in [0.15, 0.2) is 5.82 Å². The highest BCUT2D eigenvalue weighted by Gasteiger charge is 2.09. The fraction of sp³-hybridized carbons (Fsp3) is 0.0714. The van der Waals surface area contributed by atoms with E-state index in [9.17, 15) is 8.78 Å². The summed E-state index contributed by atoms with van der Waals surface area (Å²) in [5.74, 6) is 3.88. The zero-order valence-corrected chi connectivity index (χ0v) is 10.1. The summed E-state index contributed by atoms with van der Waals surface area (Å²) in [6, 6.07) is 3.83. The predicted molar refractivity (Wildman–Crippen MR) is 67.5 cm³/mol. The summed E-state index contributed by atoms with van der Waals surface area (Å²) < 4.78 is 32.2. The SMILES string of the molecule is COc1ccncc1C#Cc1c(F)ccc(N)c1F. The van der Waals surface area contributed by atoms with E-state index in [4.69, 9.17) is 10.5 Å². The molecule has 0 aliphatic heterocycles. The molecule has 0 radical (unpaired) electrons. The van der Waals surface area contributed by atoms with Crippen LogP contribution in [0.3, 0.4) is 0 Å². The highest BCUT2D eigenvalue weighted by atomic mass is 19.1. The molecular formula is C14H10F2N2O. The van der Waals surface area contributed by atoms with Crippen LogP contribution in [-0.2, 0) is 0 Å². The van der Waals surface area contributed by atoms with Crippen molar-refractivity contribution >= 4 is 5.69 Å². The number of nitrogens with zero attached hydrogens (tertiary/aromatic N) is 1. The van der Waals surface area contributed by atoms with Gasteiger partial charge < -0.3 is 10.5 Å². The zero-order chi connectivity index (χ0) is 13.8. The Labute approximate surface area is 109 Å². The first-order chi connectivity index (χ1) is 9.13. The number of hydrogen-bond acceptors (Lipinski definition) is 3. The van der Waals surface area contributed by atoms with Crippen LogP contribution in [0.5, 0.6) is 5.75 Å². The van der Waals surface area contributed by atoms with Gasteiger partial charge in [-0.25, -0.2) is 8.78 Å². The maximum atomic E-state index is 13.6. The van der Waals surface area contributed by atoms with Crippen LogP contribution >= 0.6 is 0 Å². The molecule has 0 bridgehead atoms. The minimum Gasteiger partial charge on any atom is -0.495 e. The van der Waals surface area contributed by atoms with E-state index in [1.54, 1.807) is 6.07 Å². The molecule has 0 saturated carbocycles. The summed E-state index contributed by atoms with van der Waals surface area (Å²) in [5, 5.41) is 0. The largest absolute Gasteiger partial charge is 0.495 e. The first-order valence-electron chi connectivity index (χ1n) is 5.37. The van der Waals surface area contributed by atoms with Gasteiger partial charge in [-0.05, 0) is 18.2 Å². The molecule has 96 valence electrons. The average molecular weight is 260 g/mol. The first-order valence-corrected chi connectivity index (χ1v) is 5.37. The van der Waals surface area contributed by atoms with E-state index in [0.717, 1.165) is 12.1 Å². The Bertz CT molecular complexity index is 675. The Morgan fingerprint density at radius 3 is 2.74 bits per heavy atom. The Morgan fingerprint density at radius 2 is 2.00 bits per heavy atom.